The molecule has 0 radical (unpaired) electrons. The molecule has 0 bridgehead atoms. The number of hydrogen-bond donors (Lipinski definition) is 1. The van der Waals surface area contributed by atoms with Crippen molar-refractivity contribution in [2.24, 2.45) is 5.73 Å². The first kappa shape index (κ1) is 13.5. The molecule has 92 valence electrons. The van der Waals surface area contributed by atoms with Gasteiger partial charge in [0.2, 0.25) is 0 Å². The number of nitrogens with zero attached hydrogens (tertiary/aromatic N) is 2. The Morgan fingerprint density at radius 3 is 2.00 bits per heavy atom. The fourth-order valence-corrected chi connectivity index (χ4v) is 2.11. The first-order chi connectivity index (χ1) is 7.86. The summed E-state index contributed by atoms with van der Waals surface area (Å²) < 4.78 is 0. The van der Waals surface area contributed by atoms with Crippen molar-refractivity contribution in [2.45, 2.75) is 25.7 Å². The minimum absolute atomic E-state index is 0.812. The van der Waals surface area contributed by atoms with E-state index in [1.54, 1.807) is 0 Å². The fraction of sp³-hybridized carbons (Fsp3) is 0.846. The van der Waals surface area contributed by atoms with Gasteiger partial charge in [0, 0.05) is 32.6 Å². The Morgan fingerprint density at radius 2 is 1.50 bits per heavy atom. The molecule has 1 aliphatic rings. The maximum absolute atomic E-state index is 5.51. The molecule has 0 saturated carbocycles. The van der Waals surface area contributed by atoms with Crippen molar-refractivity contribution in [1.29, 1.82) is 0 Å². The van der Waals surface area contributed by atoms with Gasteiger partial charge in [-0.15, -0.1) is 12.3 Å². The predicted octanol–water partition coefficient (Wildman–Crippen LogP) is 0.756. The molecular formula is C13H25N3. The van der Waals surface area contributed by atoms with Crippen LogP contribution in [0.25, 0.3) is 0 Å². The Morgan fingerprint density at radius 1 is 0.938 bits per heavy atom. The van der Waals surface area contributed by atoms with E-state index in [2.05, 4.69) is 15.7 Å². The lowest BCUT2D eigenvalue weighted by Gasteiger charge is -2.34. The topological polar surface area (TPSA) is 32.5 Å². The van der Waals surface area contributed by atoms with Gasteiger partial charge in [-0.3, -0.25) is 0 Å². The Balaban J connectivity index is 2.01. The molecule has 1 fully saturated rings. The number of nitrogens with two attached hydrogens (primary N) is 1. The van der Waals surface area contributed by atoms with Crippen molar-refractivity contribution in [3.05, 3.63) is 0 Å². The molecule has 0 amide bonds. The van der Waals surface area contributed by atoms with E-state index in [4.69, 9.17) is 12.2 Å². The van der Waals surface area contributed by atoms with Crippen LogP contribution in [0.15, 0.2) is 0 Å². The lowest BCUT2D eigenvalue weighted by molar-refractivity contribution is 0.130. The van der Waals surface area contributed by atoms with Crippen LogP contribution in [0.4, 0.5) is 0 Å². The second-order valence-electron chi connectivity index (χ2n) is 4.49. The van der Waals surface area contributed by atoms with E-state index in [-0.39, 0.29) is 0 Å². The molecule has 0 aromatic heterocycles. The van der Waals surface area contributed by atoms with Gasteiger partial charge in [0.25, 0.3) is 0 Å². The molecule has 0 atom stereocenters. The van der Waals surface area contributed by atoms with E-state index in [1.165, 1.54) is 52.1 Å². The summed E-state index contributed by atoms with van der Waals surface area (Å²) in [5, 5.41) is 0. The highest BCUT2D eigenvalue weighted by atomic mass is 15.3. The minimum Gasteiger partial charge on any atom is -0.330 e. The monoisotopic (exact) mass is 223 g/mol. The van der Waals surface area contributed by atoms with Crippen LogP contribution in [0.5, 0.6) is 0 Å². The van der Waals surface area contributed by atoms with Crippen molar-refractivity contribution in [1.82, 2.24) is 9.80 Å². The predicted molar refractivity (Wildman–Crippen MR) is 69.2 cm³/mol. The Hall–Kier alpha value is -0.560. The molecule has 0 aliphatic carbocycles. The molecule has 1 aliphatic heterocycles. The van der Waals surface area contributed by atoms with Crippen molar-refractivity contribution in [2.75, 3.05) is 45.8 Å². The molecule has 0 unspecified atom stereocenters. The number of terminal acetylenes is 1. The average Bonchev–Trinajstić information content (AvgIpc) is 2.33. The highest BCUT2D eigenvalue weighted by molar-refractivity contribution is 4.83. The summed E-state index contributed by atoms with van der Waals surface area (Å²) in [6, 6.07) is 0. The third-order valence-corrected chi connectivity index (χ3v) is 3.19. The van der Waals surface area contributed by atoms with Gasteiger partial charge in [0.15, 0.2) is 0 Å². The summed E-state index contributed by atoms with van der Waals surface area (Å²) >= 11 is 0. The summed E-state index contributed by atoms with van der Waals surface area (Å²) in [7, 11) is 0. The highest BCUT2D eigenvalue weighted by Gasteiger charge is 2.15. The SMILES string of the molecule is C#CCCCCN1CCN(CCCN)CC1. The summed E-state index contributed by atoms with van der Waals surface area (Å²) in [6.45, 7) is 8.02. The van der Waals surface area contributed by atoms with Gasteiger partial charge in [-0.2, -0.15) is 0 Å². The highest BCUT2D eigenvalue weighted by Crippen LogP contribution is 2.04. The van der Waals surface area contributed by atoms with Crippen LogP contribution in [-0.2, 0) is 0 Å². The standard InChI is InChI=1S/C13H25N3/c1-2-3-4-5-8-15-10-12-16(13-11-15)9-6-7-14/h1H,3-14H2. The van der Waals surface area contributed by atoms with E-state index in [0.717, 1.165) is 19.4 Å². The lowest BCUT2D eigenvalue weighted by atomic mass is 10.2. The second kappa shape index (κ2) is 8.58. The van der Waals surface area contributed by atoms with Gasteiger partial charge < -0.3 is 15.5 Å². The maximum Gasteiger partial charge on any atom is 0.0110 e. The van der Waals surface area contributed by atoms with Gasteiger partial charge in [-0.1, -0.05) is 0 Å². The largest absolute Gasteiger partial charge is 0.330 e. The molecule has 0 aromatic carbocycles. The molecule has 3 heteroatoms. The first-order valence-corrected chi connectivity index (χ1v) is 6.45. The molecular weight excluding hydrogens is 198 g/mol. The third kappa shape index (κ3) is 5.50. The van der Waals surface area contributed by atoms with E-state index < -0.39 is 0 Å². The Kier molecular flexibility index (Phi) is 7.24. The zero-order valence-electron chi connectivity index (χ0n) is 10.3. The lowest BCUT2D eigenvalue weighted by Crippen LogP contribution is -2.46. The number of piperazine rings is 1. The normalized spacial score (nSPS) is 18.5. The quantitative estimate of drug-likeness (QED) is 0.511. The van der Waals surface area contributed by atoms with E-state index in [1.807, 2.05) is 0 Å². The summed E-state index contributed by atoms with van der Waals surface area (Å²) in [4.78, 5) is 5.07. The van der Waals surface area contributed by atoms with Crippen LogP contribution in [0.1, 0.15) is 25.7 Å². The number of unbranched alkanes of at least 4 members (excludes halogenated alkanes) is 2. The Bertz CT molecular complexity index is 202. The molecule has 3 nitrogen and oxygen atoms in total. The summed E-state index contributed by atoms with van der Waals surface area (Å²) in [5.74, 6) is 2.70. The van der Waals surface area contributed by atoms with Crippen molar-refractivity contribution >= 4 is 0 Å². The molecule has 2 N–H and O–H groups in total. The second-order valence-corrected chi connectivity index (χ2v) is 4.49. The van der Waals surface area contributed by atoms with E-state index >= 15 is 0 Å². The van der Waals surface area contributed by atoms with Crippen LogP contribution < -0.4 is 5.73 Å². The fourth-order valence-electron chi connectivity index (χ4n) is 2.11. The average molecular weight is 223 g/mol. The van der Waals surface area contributed by atoms with Crippen LogP contribution in [0, 0.1) is 12.3 Å². The van der Waals surface area contributed by atoms with Crippen molar-refractivity contribution in [3.63, 3.8) is 0 Å². The van der Waals surface area contributed by atoms with E-state index in [0.29, 0.717) is 0 Å². The molecule has 0 aromatic rings. The number of rotatable bonds is 7. The van der Waals surface area contributed by atoms with Gasteiger partial charge in [-0.05, 0) is 38.9 Å². The Labute approximate surface area is 100.0 Å². The third-order valence-electron chi connectivity index (χ3n) is 3.19. The van der Waals surface area contributed by atoms with Crippen LogP contribution in [0.3, 0.4) is 0 Å². The minimum atomic E-state index is 0.812. The van der Waals surface area contributed by atoms with E-state index in [9.17, 15) is 0 Å². The van der Waals surface area contributed by atoms with Crippen LogP contribution >= 0.6 is 0 Å². The molecule has 1 heterocycles. The van der Waals surface area contributed by atoms with Crippen molar-refractivity contribution < 1.29 is 0 Å². The summed E-state index contributed by atoms with van der Waals surface area (Å²) in [6.07, 6.45) is 9.70. The molecule has 1 rings (SSSR count). The smallest absolute Gasteiger partial charge is 0.0110 e. The maximum atomic E-state index is 5.51. The zero-order valence-corrected chi connectivity index (χ0v) is 10.3. The van der Waals surface area contributed by atoms with Gasteiger partial charge in [0.05, 0.1) is 0 Å². The van der Waals surface area contributed by atoms with Gasteiger partial charge in [-0.25, -0.2) is 0 Å². The molecule has 16 heavy (non-hydrogen) atoms. The molecule has 1 saturated heterocycles. The summed E-state index contributed by atoms with van der Waals surface area (Å²) in [5.41, 5.74) is 5.51. The molecule has 0 spiro atoms. The number of hydrogen-bond acceptors (Lipinski definition) is 3. The zero-order chi connectivity index (χ0) is 11.6. The van der Waals surface area contributed by atoms with Gasteiger partial charge in [0.1, 0.15) is 0 Å². The van der Waals surface area contributed by atoms with Crippen molar-refractivity contribution in [3.8, 4) is 12.3 Å². The first-order valence-electron chi connectivity index (χ1n) is 6.45. The van der Waals surface area contributed by atoms with Gasteiger partial charge >= 0.3 is 0 Å². The van der Waals surface area contributed by atoms with Crippen LogP contribution in [-0.4, -0.2) is 55.6 Å². The van der Waals surface area contributed by atoms with Crippen LogP contribution in [0.2, 0.25) is 0 Å².